The molecule has 0 spiro atoms. The number of hydrogen-bond acceptors (Lipinski definition) is 5. The Morgan fingerprint density at radius 3 is 2.48 bits per heavy atom. The smallest absolute Gasteiger partial charge is 0.255 e. The normalized spacial score (nSPS) is 15.1. The van der Waals surface area contributed by atoms with E-state index < -0.39 is 10.0 Å². The molecule has 7 nitrogen and oxygen atoms in total. The van der Waals surface area contributed by atoms with Crippen LogP contribution in [0.1, 0.15) is 21.5 Å². The molecule has 142 valence electrons. The molecule has 4 rings (SSSR count). The molecule has 8 heteroatoms. The first-order chi connectivity index (χ1) is 12.9. The predicted octanol–water partition coefficient (Wildman–Crippen LogP) is 2.06. The van der Waals surface area contributed by atoms with Crippen molar-refractivity contribution in [1.29, 1.82) is 0 Å². The lowest BCUT2D eigenvalue weighted by Gasteiger charge is -2.14. The van der Waals surface area contributed by atoms with Crippen LogP contribution in [0.5, 0.6) is 11.5 Å². The Labute approximate surface area is 157 Å². The fourth-order valence-corrected chi connectivity index (χ4v) is 4.19. The second-order valence-electron chi connectivity index (χ2n) is 6.68. The molecule has 0 fully saturated rings. The van der Waals surface area contributed by atoms with Crippen molar-refractivity contribution < 1.29 is 22.7 Å². The SMILES string of the molecule is CN(C)S(=O)(=O)c1ccc(C(=O)Nc2c3c(cc4c2OCC4)OCC3)cc1. The fraction of sp³-hybridized carbons (Fsp3) is 0.316. The van der Waals surface area contributed by atoms with Crippen LogP contribution < -0.4 is 14.8 Å². The van der Waals surface area contributed by atoms with Crippen molar-refractivity contribution in [3.05, 3.63) is 47.0 Å². The maximum absolute atomic E-state index is 12.7. The van der Waals surface area contributed by atoms with Gasteiger partial charge in [-0.2, -0.15) is 0 Å². The Morgan fingerprint density at radius 2 is 1.78 bits per heavy atom. The lowest BCUT2D eigenvalue weighted by Crippen LogP contribution is -2.22. The van der Waals surface area contributed by atoms with Gasteiger partial charge in [0.1, 0.15) is 11.5 Å². The minimum Gasteiger partial charge on any atom is -0.493 e. The highest BCUT2D eigenvalue weighted by Gasteiger charge is 2.28. The minimum absolute atomic E-state index is 0.141. The summed E-state index contributed by atoms with van der Waals surface area (Å²) in [6.07, 6.45) is 1.49. The summed E-state index contributed by atoms with van der Waals surface area (Å²) in [5.74, 6) is 1.18. The average molecular weight is 388 g/mol. The molecule has 0 aliphatic carbocycles. The van der Waals surface area contributed by atoms with Crippen LogP contribution in [0.3, 0.4) is 0 Å². The summed E-state index contributed by atoms with van der Waals surface area (Å²) in [5, 5.41) is 2.94. The number of benzene rings is 2. The minimum atomic E-state index is -3.53. The first-order valence-electron chi connectivity index (χ1n) is 8.66. The number of hydrogen-bond donors (Lipinski definition) is 1. The van der Waals surface area contributed by atoms with Gasteiger partial charge in [-0.15, -0.1) is 0 Å². The van der Waals surface area contributed by atoms with E-state index in [0.717, 1.165) is 27.6 Å². The monoisotopic (exact) mass is 388 g/mol. The second-order valence-corrected chi connectivity index (χ2v) is 8.83. The van der Waals surface area contributed by atoms with Crippen LogP contribution in [-0.4, -0.2) is 45.9 Å². The Morgan fingerprint density at radius 1 is 1.07 bits per heavy atom. The summed E-state index contributed by atoms with van der Waals surface area (Å²) >= 11 is 0. The number of carbonyl (C=O) groups is 1. The van der Waals surface area contributed by atoms with E-state index >= 15 is 0 Å². The third-order valence-corrected chi connectivity index (χ3v) is 6.61. The maximum Gasteiger partial charge on any atom is 0.255 e. The van der Waals surface area contributed by atoms with Crippen molar-refractivity contribution in [3.63, 3.8) is 0 Å². The molecule has 1 N–H and O–H groups in total. The molecule has 0 atom stereocenters. The summed E-state index contributed by atoms with van der Waals surface area (Å²) in [6, 6.07) is 7.87. The highest BCUT2D eigenvalue weighted by atomic mass is 32.2. The third-order valence-electron chi connectivity index (χ3n) is 4.78. The quantitative estimate of drug-likeness (QED) is 0.867. The van der Waals surface area contributed by atoms with E-state index in [4.69, 9.17) is 9.47 Å². The number of amides is 1. The first kappa shape index (κ1) is 17.8. The zero-order chi connectivity index (χ0) is 19.2. The van der Waals surface area contributed by atoms with Crippen LogP contribution in [0.15, 0.2) is 35.2 Å². The van der Waals surface area contributed by atoms with Gasteiger partial charge in [0.2, 0.25) is 10.0 Å². The van der Waals surface area contributed by atoms with Crippen molar-refractivity contribution >= 4 is 21.6 Å². The van der Waals surface area contributed by atoms with Crippen LogP contribution in [0.2, 0.25) is 0 Å². The molecule has 2 aromatic rings. The number of nitrogens with zero attached hydrogens (tertiary/aromatic N) is 1. The molecule has 27 heavy (non-hydrogen) atoms. The molecule has 0 radical (unpaired) electrons. The Hall–Kier alpha value is -2.58. The van der Waals surface area contributed by atoms with Crippen LogP contribution in [0.25, 0.3) is 0 Å². The summed E-state index contributed by atoms with van der Waals surface area (Å²) in [4.78, 5) is 12.9. The van der Waals surface area contributed by atoms with E-state index in [-0.39, 0.29) is 10.8 Å². The summed E-state index contributed by atoms with van der Waals surface area (Å²) < 4.78 is 36.8. The van der Waals surface area contributed by atoms with E-state index in [1.165, 1.54) is 38.4 Å². The Balaban J connectivity index is 1.63. The molecule has 2 aliphatic heterocycles. The van der Waals surface area contributed by atoms with Gasteiger partial charge in [-0.1, -0.05) is 0 Å². The fourth-order valence-electron chi connectivity index (χ4n) is 3.29. The summed E-state index contributed by atoms with van der Waals surface area (Å²) in [5.41, 5.74) is 3.00. The molecule has 0 saturated carbocycles. The summed E-state index contributed by atoms with van der Waals surface area (Å²) in [7, 11) is -0.596. The molecule has 2 aliphatic rings. The Kier molecular flexibility index (Phi) is 4.32. The lowest BCUT2D eigenvalue weighted by molar-refractivity contribution is 0.102. The lowest BCUT2D eigenvalue weighted by atomic mass is 10.0. The molecule has 0 saturated heterocycles. The van der Waals surface area contributed by atoms with Crippen molar-refractivity contribution in [2.75, 3.05) is 32.6 Å². The van der Waals surface area contributed by atoms with Gasteiger partial charge in [-0.25, -0.2) is 12.7 Å². The Bertz CT molecular complexity index is 981. The zero-order valence-electron chi connectivity index (χ0n) is 15.1. The third kappa shape index (κ3) is 3.04. The number of anilines is 1. The van der Waals surface area contributed by atoms with Crippen LogP contribution in [-0.2, 0) is 22.9 Å². The number of rotatable bonds is 4. The standard InChI is InChI=1S/C19H20N2O5S/c1-21(2)27(23,24)14-5-3-12(4-6-14)19(22)20-17-15-8-10-25-16(15)11-13-7-9-26-18(13)17/h3-6,11H,7-10H2,1-2H3,(H,20,22). The highest BCUT2D eigenvalue weighted by molar-refractivity contribution is 7.89. The molecule has 2 aromatic carbocycles. The van der Waals surface area contributed by atoms with E-state index in [1.807, 2.05) is 6.07 Å². The van der Waals surface area contributed by atoms with Gasteiger partial charge in [0, 0.05) is 43.6 Å². The topological polar surface area (TPSA) is 84.9 Å². The van der Waals surface area contributed by atoms with Gasteiger partial charge in [0.25, 0.3) is 5.91 Å². The van der Waals surface area contributed by atoms with Crippen molar-refractivity contribution in [3.8, 4) is 11.5 Å². The van der Waals surface area contributed by atoms with Gasteiger partial charge in [0.05, 0.1) is 23.8 Å². The molecule has 2 heterocycles. The molecule has 0 aromatic heterocycles. The average Bonchev–Trinajstić information content (AvgIpc) is 3.30. The van der Waals surface area contributed by atoms with Gasteiger partial charge in [-0.3, -0.25) is 4.79 Å². The van der Waals surface area contributed by atoms with Gasteiger partial charge in [0.15, 0.2) is 0 Å². The van der Waals surface area contributed by atoms with E-state index in [9.17, 15) is 13.2 Å². The molecule has 1 amide bonds. The molecule has 0 bridgehead atoms. The van der Waals surface area contributed by atoms with Crippen molar-refractivity contribution in [2.45, 2.75) is 17.7 Å². The number of nitrogens with one attached hydrogen (secondary N) is 1. The number of sulfonamides is 1. The van der Waals surface area contributed by atoms with E-state index in [2.05, 4.69) is 5.32 Å². The molecular weight excluding hydrogens is 368 g/mol. The number of ether oxygens (including phenoxy) is 2. The summed E-state index contributed by atoms with van der Waals surface area (Å²) in [6.45, 7) is 1.16. The van der Waals surface area contributed by atoms with Crippen LogP contribution in [0, 0.1) is 0 Å². The molecule has 0 unspecified atom stereocenters. The second kappa shape index (κ2) is 6.54. The zero-order valence-corrected chi connectivity index (χ0v) is 15.9. The van der Waals surface area contributed by atoms with Crippen LogP contribution in [0.4, 0.5) is 5.69 Å². The van der Waals surface area contributed by atoms with Crippen molar-refractivity contribution in [2.24, 2.45) is 0 Å². The molecular formula is C19H20N2O5S. The maximum atomic E-state index is 12.7. The van der Waals surface area contributed by atoms with Gasteiger partial charge >= 0.3 is 0 Å². The van der Waals surface area contributed by atoms with Crippen LogP contribution >= 0.6 is 0 Å². The number of carbonyl (C=O) groups excluding carboxylic acids is 1. The van der Waals surface area contributed by atoms with Gasteiger partial charge in [-0.05, 0) is 30.3 Å². The van der Waals surface area contributed by atoms with E-state index in [0.29, 0.717) is 36.6 Å². The van der Waals surface area contributed by atoms with Gasteiger partial charge < -0.3 is 14.8 Å². The van der Waals surface area contributed by atoms with Crippen molar-refractivity contribution in [1.82, 2.24) is 4.31 Å². The largest absolute Gasteiger partial charge is 0.493 e. The number of fused-ring (bicyclic) bond motifs is 2. The first-order valence-corrected chi connectivity index (χ1v) is 10.1. The highest BCUT2D eigenvalue weighted by Crippen LogP contribution is 2.44. The van der Waals surface area contributed by atoms with E-state index in [1.54, 1.807) is 0 Å². The predicted molar refractivity (Wildman–Crippen MR) is 100 cm³/mol.